The molecule has 0 bridgehead atoms. The summed E-state index contributed by atoms with van der Waals surface area (Å²) in [7, 11) is 0. The number of H-pyrrole nitrogens is 1. The number of fused-ring (bicyclic) bond motifs is 1. The molecule has 2 aromatic carbocycles. The molecule has 0 radical (unpaired) electrons. The number of rotatable bonds is 7. The molecule has 1 aromatic heterocycles. The minimum atomic E-state index is -0.954. The van der Waals surface area contributed by atoms with Crippen molar-refractivity contribution in [2.45, 2.75) is 38.8 Å². The number of anilines is 1. The van der Waals surface area contributed by atoms with Crippen LogP contribution in [0.3, 0.4) is 0 Å². The van der Waals surface area contributed by atoms with Gasteiger partial charge in [0, 0.05) is 23.1 Å². The summed E-state index contributed by atoms with van der Waals surface area (Å²) in [6, 6.07) is 11.6. The molecule has 0 aliphatic carbocycles. The molecule has 1 aliphatic rings. The van der Waals surface area contributed by atoms with E-state index in [-0.39, 0.29) is 35.7 Å². The van der Waals surface area contributed by atoms with Crippen LogP contribution in [0.1, 0.15) is 37.2 Å². The zero-order valence-electron chi connectivity index (χ0n) is 20.4. The van der Waals surface area contributed by atoms with Crippen LogP contribution in [0.5, 0.6) is 0 Å². The molecule has 2 heterocycles. The minimum absolute atomic E-state index is 0.0136. The van der Waals surface area contributed by atoms with Gasteiger partial charge in [-0.2, -0.15) is 5.26 Å². The Balaban J connectivity index is 1.49. The summed E-state index contributed by atoms with van der Waals surface area (Å²) in [4.78, 5) is 43.5. The van der Waals surface area contributed by atoms with Crippen molar-refractivity contribution in [3.8, 4) is 6.07 Å². The van der Waals surface area contributed by atoms with Gasteiger partial charge >= 0.3 is 0 Å². The van der Waals surface area contributed by atoms with Crippen LogP contribution in [0.4, 0.5) is 14.5 Å². The molecule has 3 N–H and O–H groups in total. The van der Waals surface area contributed by atoms with Crippen LogP contribution >= 0.6 is 0 Å². The van der Waals surface area contributed by atoms with Crippen LogP contribution in [-0.2, 0) is 9.59 Å². The van der Waals surface area contributed by atoms with E-state index < -0.39 is 47.4 Å². The fraction of sp³-hybridized carbons (Fsp3) is 0.333. The second-order valence-electron chi connectivity index (χ2n) is 9.61. The summed E-state index contributed by atoms with van der Waals surface area (Å²) in [5.74, 6) is -3.10. The fourth-order valence-corrected chi connectivity index (χ4v) is 4.57. The van der Waals surface area contributed by atoms with Gasteiger partial charge in [-0.05, 0) is 55.2 Å². The molecule has 37 heavy (non-hydrogen) atoms. The van der Waals surface area contributed by atoms with Crippen molar-refractivity contribution >= 4 is 34.3 Å². The Labute approximate surface area is 212 Å². The highest BCUT2D eigenvalue weighted by Gasteiger charge is 2.41. The zero-order chi connectivity index (χ0) is 26.7. The van der Waals surface area contributed by atoms with E-state index in [1.54, 1.807) is 12.1 Å². The van der Waals surface area contributed by atoms with Crippen molar-refractivity contribution in [1.29, 1.82) is 5.26 Å². The summed E-state index contributed by atoms with van der Waals surface area (Å²) < 4.78 is 27.6. The van der Waals surface area contributed by atoms with Gasteiger partial charge in [-0.25, -0.2) is 8.78 Å². The smallest absolute Gasteiger partial charge is 0.268 e. The number of nitriles is 1. The third-order valence-electron chi connectivity index (χ3n) is 6.36. The Hall–Kier alpha value is -4.26. The molecule has 1 fully saturated rings. The van der Waals surface area contributed by atoms with Crippen molar-refractivity contribution in [2.24, 2.45) is 11.8 Å². The maximum atomic E-state index is 14.1. The summed E-state index contributed by atoms with van der Waals surface area (Å²) in [5.41, 5.74) is 0.836. The summed E-state index contributed by atoms with van der Waals surface area (Å²) in [6.07, 6.45) is 0.418. The van der Waals surface area contributed by atoms with Crippen molar-refractivity contribution in [2.75, 3.05) is 11.9 Å². The second kappa shape index (κ2) is 10.8. The standard InChI is InChI=1S/C27H27F2N5O3/c1-15(2)9-24(33-26(36)23-12-20-21(29)7-4-8-22(20)32-23)27(37)34-14-16(10-19(34)13-30)25(35)31-18-6-3-5-17(28)11-18/h3-8,11-12,15-16,19,24,32H,9-10,14H2,1-2H3,(H,31,35)(H,33,36). The van der Waals surface area contributed by atoms with Gasteiger partial charge in [0.05, 0.1) is 12.0 Å². The molecule has 8 nitrogen and oxygen atoms in total. The molecule has 10 heteroatoms. The number of likely N-dealkylation sites (tertiary alicyclic amines) is 1. The van der Waals surface area contributed by atoms with E-state index in [1.807, 2.05) is 13.8 Å². The average Bonchev–Trinajstić information content (AvgIpc) is 3.48. The van der Waals surface area contributed by atoms with E-state index >= 15 is 0 Å². The lowest BCUT2D eigenvalue weighted by Crippen LogP contribution is -2.50. The van der Waals surface area contributed by atoms with Crippen LogP contribution in [0, 0.1) is 34.8 Å². The molecule has 0 spiro atoms. The second-order valence-corrected chi connectivity index (χ2v) is 9.61. The predicted molar refractivity (Wildman–Crippen MR) is 133 cm³/mol. The number of aromatic nitrogens is 1. The van der Waals surface area contributed by atoms with Crippen molar-refractivity contribution in [3.63, 3.8) is 0 Å². The van der Waals surface area contributed by atoms with Crippen molar-refractivity contribution in [1.82, 2.24) is 15.2 Å². The molecule has 3 amide bonds. The van der Waals surface area contributed by atoms with Gasteiger partial charge in [0.15, 0.2) is 0 Å². The number of hydrogen-bond acceptors (Lipinski definition) is 4. The molecule has 4 rings (SSSR count). The first-order valence-corrected chi connectivity index (χ1v) is 12.0. The Morgan fingerprint density at radius 2 is 1.92 bits per heavy atom. The Morgan fingerprint density at radius 1 is 1.16 bits per heavy atom. The average molecular weight is 508 g/mol. The topological polar surface area (TPSA) is 118 Å². The van der Waals surface area contributed by atoms with E-state index in [0.29, 0.717) is 11.9 Å². The van der Waals surface area contributed by atoms with E-state index in [9.17, 15) is 28.4 Å². The first-order chi connectivity index (χ1) is 17.7. The van der Waals surface area contributed by atoms with Crippen LogP contribution < -0.4 is 10.6 Å². The van der Waals surface area contributed by atoms with Crippen LogP contribution in [0.15, 0.2) is 48.5 Å². The number of hydrogen-bond donors (Lipinski definition) is 3. The third kappa shape index (κ3) is 5.77. The maximum Gasteiger partial charge on any atom is 0.268 e. The third-order valence-corrected chi connectivity index (χ3v) is 6.36. The largest absolute Gasteiger partial charge is 0.350 e. The van der Waals surface area contributed by atoms with Gasteiger partial charge in [-0.3, -0.25) is 14.4 Å². The lowest BCUT2D eigenvalue weighted by atomic mass is 10.0. The highest BCUT2D eigenvalue weighted by Crippen LogP contribution is 2.27. The van der Waals surface area contributed by atoms with Gasteiger partial charge < -0.3 is 20.5 Å². The fourth-order valence-electron chi connectivity index (χ4n) is 4.57. The number of amides is 3. The highest BCUT2D eigenvalue weighted by molar-refractivity contribution is 6.00. The molecular formula is C27H27F2N5O3. The number of halogens is 2. The van der Waals surface area contributed by atoms with Crippen LogP contribution in [-0.4, -0.2) is 46.2 Å². The number of aromatic amines is 1. The number of carbonyl (C=O) groups is 3. The van der Waals surface area contributed by atoms with E-state index in [1.165, 1.54) is 41.3 Å². The Morgan fingerprint density at radius 3 is 2.59 bits per heavy atom. The van der Waals surface area contributed by atoms with Crippen molar-refractivity contribution < 1.29 is 23.2 Å². The molecule has 192 valence electrons. The van der Waals surface area contributed by atoms with Gasteiger partial charge in [-0.1, -0.05) is 26.0 Å². The van der Waals surface area contributed by atoms with Gasteiger partial charge in [0.25, 0.3) is 5.91 Å². The monoisotopic (exact) mass is 507 g/mol. The lowest BCUT2D eigenvalue weighted by molar-refractivity contribution is -0.133. The molecular weight excluding hydrogens is 480 g/mol. The van der Waals surface area contributed by atoms with Crippen LogP contribution in [0.25, 0.3) is 10.9 Å². The Kier molecular flexibility index (Phi) is 7.53. The molecule has 3 aromatic rings. The first kappa shape index (κ1) is 25.8. The van der Waals surface area contributed by atoms with E-state index in [4.69, 9.17) is 0 Å². The highest BCUT2D eigenvalue weighted by atomic mass is 19.1. The van der Waals surface area contributed by atoms with Crippen LogP contribution in [0.2, 0.25) is 0 Å². The Bertz CT molecular complexity index is 1380. The molecule has 1 saturated heterocycles. The molecule has 0 saturated carbocycles. The normalized spacial score (nSPS) is 18.0. The molecule has 3 unspecified atom stereocenters. The van der Waals surface area contributed by atoms with Gasteiger partial charge in [0.2, 0.25) is 11.8 Å². The van der Waals surface area contributed by atoms with E-state index in [0.717, 1.165) is 0 Å². The molecule has 1 aliphatic heterocycles. The number of benzene rings is 2. The number of nitrogens with one attached hydrogen (secondary N) is 3. The van der Waals surface area contributed by atoms with Gasteiger partial charge in [0.1, 0.15) is 29.4 Å². The SMILES string of the molecule is CC(C)CC(NC(=O)c1cc2c(F)cccc2[nH]1)C(=O)N1CC(C(=O)Nc2cccc(F)c2)CC1C#N. The first-order valence-electron chi connectivity index (χ1n) is 12.0. The predicted octanol–water partition coefficient (Wildman–Crippen LogP) is 3.97. The number of carbonyl (C=O) groups excluding carboxylic acids is 3. The quantitative estimate of drug-likeness (QED) is 0.448. The summed E-state index contributed by atoms with van der Waals surface area (Å²) in [5, 5.41) is 15.3. The van der Waals surface area contributed by atoms with E-state index in [2.05, 4.69) is 21.7 Å². The molecule has 3 atom stereocenters. The summed E-state index contributed by atoms with van der Waals surface area (Å²) in [6.45, 7) is 3.78. The number of nitrogens with zero attached hydrogens (tertiary/aromatic N) is 2. The summed E-state index contributed by atoms with van der Waals surface area (Å²) >= 11 is 0. The van der Waals surface area contributed by atoms with Crippen molar-refractivity contribution in [3.05, 3.63) is 65.9 Å². The minimum Gasteiger partial charge on any atom is -0.350 e. The zero-order valence-corrected chi connectivity index (χ0v) is 20.4. The maximum absolute atomic E-state index is 14.1. The lowest BCUT2D eigenvalue weighted by Gasteiger charge is -2.27. The van der Waals surface area contributed by atoms with Gasteiger partial charge in [-0.15, -0.1) is 0 Å².